The van der Waals surface area contributed by atoms with Gasteiger partial charge in [0.25, 0.3) is 0 Å². The number of hydrogen-bond acceptors (Lipinski definition) is 5. The van der Waals surface area contributed by atoms with Crippen LogP contribution in [0.25, 0.3) is 0 Å². The van der Waals surface area contributed by atoms with E-state index in [1.807, 2.05) is 0 Å². The summed E-state index contributed by atoms with van der Waals surface area (Å²) < 4.78 is 14.7. The van der Waals surface area contributed by atoms with Crippen molar-refractivity contribution < 1.29 is 28.8 Å². The van der Waals surface area contributed by atoms with Gasteiger partial charge < -0.3 is 19.7 Å². The number of rotatable bonds is 5. The van der Waals surface area contributed by atoms with Gasteiger partial charge in [0.1, 0.15) is 12.7 Å². The molecule has 0 spiro atoms. The topological polar surface area (TPSA) is 117 Å². The van der Waals surface area contributed by atoms with Crippen LogP contribution in [-0.4, -0.2) is 26.2 Å². The molecule has 0 amide bonds. The summed E-state index contributed by atoms with van der Waals surface area (Å²) >= 11 is 0. The average Bonchev–Trinajstić information content (AvgIpc) is 2.25. The number of hydrogen-bond donors (Lipinski definition) is 3. The van der Waals surface area contributed by atoms with Crippen molar-refractivity contribution in [2.75, 3.05) is 0 Å². The molecule has 1 rings (SSSR count). The quantitative estimate of drug-likeness (QED) is 0.492. The maximum absolute atomic E-state index is 10.5. The molecule has 0 radical (unpaired) electrons. The highest BCUT2D eigenvalue weighted by atomic mass is 31.2. The van der Waals surface area contributed by atoms with Crippen LogP contribution in [0, 0.1) is 0 Å². The van der Waals surface area contributed by atoms with E-state index in [0.717, 1.165) is 0 Å². The zero-order valence-corrected chi connectivity index (χ0v) is 8.95. The van der Waals surface area contributed by atoms with Crippen LogP contribution in [0.4, 0.5) is 0 Å². The molecule has 8 heteroatoms. The Kier molecular flexibility index (Phi) is 4.28. The molecule has 0 fully saturated rings. The Balaban J connectivity index is 2.87. The smallest absolute Gasteiger partial charge is 0.381 e. The van der Waals surface area contributed by atoms with Crippen molar-refractivity contribution in [2.45, 2.75) is 12.7 Å². The molecule has 3 N–H and O–H groups in total. The zero-order valence-electron chi connectivity index (χ0n) is 8.05. The largest absolute Gasteiger partial charge is 0.469 e. The van der Waals surface area contributed by atoms with E-state index in [1.165, 1.54) is 18.3 Å². The molecule has 0 aliphatic rings. The number of aldehydes is 1. The third kappa shape index (κ3) is 3.80. The average molecular weight is 247 g/mol. The summed E-state index contributed by atoms with van der Waals surface area (Å²) in [5, 5.41) is 9.28. The monoisotopic (exact) mass is 247 g/mol. The van der Waals surface area contributed by atoms with E-state index in [1.54, 1.807) is 0 Å². The lowest BCUT2D eigenvalue weighted by atomic mass is 10.1. The summed E-state index contributed by atoms with van der Waals surface area (Å²) in [5.41, 5.74) is 0.261. The lowest BCUT2D eigenvalue weighted by molar-refractivity contribution is -0.115. The lowest BCUT2D eigenvalue weighted by Gasteiger charge is -2.10. The second-order valence-electron chi connectivity index (χ2n) is 2.88. The van der Waals surface area contributed by atoms with Gasteiger partial charge in [-0.05, 0) is 6.07 Å². The molecule has 0 bridgehead atoms. The van der Waals surface area contributed by atoms with Gasteiger partial charge in [0.15, 0.2) is 6.29 Å². The highest BCUT2D eigenvalue weighted by Gasteiger charge is 2.18. The van der Waals surface area contributed by atoms with Crippen LogP contribution in [0.5, 0.6) is 0 Å². The van der Waals surface area contributed by atoms with Crippen LogP contribution >= 0.6 is 7.82 Å². The van der Waals surface area contributed by atoms with Crippen LogP contribution in [0.3, 0.4) is 0 Å². The SMILES string of the molecule is O=CC(O)c1cccnc1COP(=O)(O)O. The molecule has 1 heterocycles. The molecule has 88 valence electrons. The number of aliphatic hydroxyl groups excluding tert-OH is 1. The molecule has 7 nitrogen and oxygen atoms in total. The minimum atomic E-state index is -4.60. The Hall–Kier alpha value is -1.11. The predicted molar refractivity (Wildman–Crippen MR) is 52.1 cm³/mol. The van der Waals surface area contributed by atoms with Gasteiger partial charge in [-0.2, -0.15) is 0 Å². The standard InChI is InChI=1S/C8H10NO6P/c10-4-8(11)6-2-1-3-9-7(6)5-15-16(12,13)14/h1-4,8,11H,5H2,(H2,12,13,14). The Labute approximate surface area is 91.0 Å². The van der Waals surface area contributed by atoms with E-state index < -0.39 is 20.5 Å². The molecule has 16 heavy (non-hydrogen) atoms. The number of aromatic nitrogens is 1. The summed E-state index contributed by atoms with van der Waals surface area (Å²) in [5.74, 6) is 0. The fourth-order valence-corrected chi connectivity index (χ4v) is 1.35. The van der Waals surface area contributed by atoms with Crippen molar-refractivity contribution in [3.8, 4) is 0 Å². The Bertz CT molecular complexity index is 417. The normalized spacial score (nSPS) is 13.4. The maximum Gasteiger partial charge on any atom is 0.469 e. The minimum Gasteiger partial charge on any atom is -0.381 e. The second kappa shape index (κ2) is 5.29. The summed E-state index contributed by atoms with van der Waals surface area (Å²) in [6.07, 6.45) is 0.265. The predicted octanol–water partition coefficient (Wildman–Crippen LogP) is -0.0768. The first-order chi connectivity index (χ1) is 7.44. The number of phosphoric acid groups is 1. The van der Waals surface area contributed by atoms with Gasteiger partial charge in [-0.1, -0.05) is 6.07 Å². The highest BCUT2D eigenvalue weighted by Crippen LogP contribution is 2.37. The van der Waals surface area contributed by atoms with Gasteiger partial charge in [0, 0.05) is 11.8 Å². The van der Waals surface area contributed by atoms with Gasteiger partial charge in [-0.25, -0.2) is 4.57 Å². The zero-order chi connectivity index (χ0) is 12.2. The molecular weight excluding hydrogens is 237 g/mol. The van der Waals surface area contributed by atoms with Gasteiger partial charge >= 0.3 is 7.82 Å². The summed E-state index contributed by atoms with van der Waals surface area (Å²) in [6.45, 7) is -0.481. The molecule has 1 atom stereocenters. The third-order valence-corrected chi connectivity index (χ3v) is 2.21. The van der Waals surface area contributed by atoms with Crippen LogP contribution in [0.15, 0.2) is 18.3 Å². The van der Waals surface area contributed by atoms with Gasteiger partial charge in [0.05, 0.1) is 5.69 Å². The van der Waals surface area contributed by atoms with E-state index in [2.05, 4.69) is 9.51 Å². The maximum atomic E-state index is 10.5. The fraction of sp³-hybridized carbons (Fsp3) is 0.250. The van der Waals surface area contributed by atoms with Crippen LogP contribution in [0.1, 0.15) is 17.4 Å². The van der Waals surface area contributed by atoms with Gasteiger partial charge in [0.2, 0.25) is 0 Å². The van der Waals surface area contributed by atoms with E-state index in [9.17, 15) is 14.5 Å². The van der Waals surface area contributed by atoms with Crippen molar-refractivity contribution in [1.29, 1.82) is 0 Å². The van der Waals surface area contributed by atoms with Gasteiger partial charge in [-0.15, -0.1) is 0 Å². The number of carbonyl (C=O) groups is 1. The van der Waals surface area contributed by atoms with E-state index in [0.29, 0.717) is 0 Å². The van der Waals surface area contributed by atoms with Crippen LogP contribution < -0.4 is 0 Å². The molecule has 1 unspecified atom stereocenters. The van der Waals surface area contributed by atoms with Crippen LogP contribution in [0.2, 0.25) is 0 Å². The molecule has 0 aliphatic carbocycles. The molecular formula is C8H10NO6P. The first-order valence-corrected chi connectivity index (χ1v) is 5.74. The summed E-state index contributed by atoms with van der Waals surface area (Å²) in [4.78, 5) is 31.1. The van der Waals surface area contributed by atoms with E-state index in [-0.39, 0.29) is 17.5 Å². The number of carbonyl (C=O) groups excluding carboxylic acids is 1. The highest BCUT2D eigenvalue weighted by molar-refractivity contribution is 7.46. The van der Waals surface area contributed by atoms with Crippen molar-refractivity contribution in [1.82, 2.24) is 4.98 Å². The Morgan fingerprint density at radius 3 is 2.81 bits per heavy atom. The molecule has 1 aromatic heterocycles. The second-order valence-corrected chi connectivity index (χ2v) is 4.12. The Morgan fingerprint density at radius 2 is 2.25 bits per heavy atom. The lowest BCUT2D eigenvalue weighted by Crippen LogP contribution is -2.06. The number of phosphoric ester groups is 1. The van der Waals surface area contributed by atoms with Crippen molar-refractivity contribution in [3.63, 3.8) is 0 Å². The molecule has 1 aromatic rings. The van der Waals surface area contributed by atoms with Crippen LogP contribution in [-0.2, 0) is 20.5 Å². The molecule has 0 saturated carbocycles. The molecule has 0 aliphatic heterocycles. The summed E-state index contributed by atoms with van der Waals surface area (Å²) in [6, 6.07) is 2.91. The van der Waals surface area contributed by atoms with Crippen molar-refractivity contribution >= 4 is 14.1 Å². The fourth-order valence-electron chi connectivity index (χ4n) is 1.06. The molecule has 0 aromatic carbocycles. The molecule has 0 saturated heterocycles. The minimum absolute atomic E-state index is 0.102. The van der Waals surface area contributed by atoms with Crippen molar-refractivity contribution in [3.05, 3.63) is 29.6 Å². The summed E-state index contributed by atoms with van der Waals surface area (Å²) in [7, 11) is -4.60. The van der Waals surface area contributed by atoms with Crippen molar-refractivity contribution in [2.24, 2.45) is 0 Å². The Morgan fingerprint density at radius 1 is 1.56 bits per heavy atom. The van der Waals surface area contributed by atoms with E-state index in [4.69, 9.17) is 9.79 Å². The number of nitrogens with zero attached hydrogens (tertiary/aromatic N) is 1. The van der Waals surface area contributed by atoms with E-state index >= 15 is 0 Å². The number of pyridine rings is 1. The van der Waals surface area contributed by atoms with Gasteiger partial charge in [-0.3, -0.25) is 9.51 Å². The first kappa shape index (κ1) is 13.0. The number of aliphatic hydroxyl groups is 1. The third-order valence-electron chi connectivity index (χ3n) is 1.74. The first-order valence-electron chi connectivity index (χ1n) is 4.21.